The van der Waals surface area contributed by atoms with Gasteiger partial charge in [0.15, 0.2) is 0 Å². The molecule has 84 valence electrons. The van der Waals surface area contributed by atoms with Gasteiger partial charge in [-0.1, -0.05) is 47.1 Å². The molecule has 0 N–H and O–H groups in total. The standard InChI is InChI=1S/C14H28/c1-7-9-12(3)13(4)11-14(5,6)10-8-2/h7,12-13H,1,8-11H2,2-6H3. The van der Waals surface area contributed by atoms with Gasteiger partial charge in [0.25, 0.3) is 0 Å². The fourth-order valence-corrected chi connectivity index (χ4v) is 2.35. The maximum Gasteiger partial charge on any atom is -0.0325 e. The highest BCUT2D eigenvalue weighted by Gasteiger charge is 2.22. The quantitative estimate of drug-likeness (QED) is 0.500. The molecule has 0 fully saturated rings. The Balaban J connectivity index is 4.02. The molecule has 0 heterocycles. The van der Waals surface area contributed by atoms with Gasteiger partial charge in [0.1, 0.15) is 0 Å². The molecule has 0 aromatic carbocycles. The molecule has 0 radical (unpaired) electrons. The topological polar surface area (TPSA) is 0 Å². The van der Waals surface area contributed by atoms with Crippen LogP contribution in [0, 0.1) is 17.3 Å². The van der Waals surface area contributed by atoms with E-state index in [1.54, 1.807) is 0 Å². The first-order valence-corrected chi connectivity index (χ1v) is 6.04. The van der Waals surface area contributed by atoms with E-state index in [0.717, 1.165) is 18.3 Å². The molecular weight excluding hydrogens is 168 g/mol. The zero-order valence-corrected chi connectivity index (χ0v) is 10.8. The van der Waals surface area contributed by atoms with Crippen molar-refractivity contribution in [3.8, 4) is 0 Å². The summed E-state index contributed by atoms with van der Waals surface area (Å²) in [7, 11) is 0. The van der Waals surface area contributed by atoms with Crippen LogP contribution in [0.2, 0.25) is 0 Å². The third-order valence-electron chi connectivity index (χ3n) is 3.31. The molecular formula is C14H28. The predicted octanol–water partition coefficient (Wildman–Crippen LogP) is 5.05. The van der Waals surface area contributed by atoms with Crippen molar-refractivity contribution in [1.82, 2.24) is 0 Å². The van der Waals surface area contributed by atoms with Gasteiger partial charge in [-0.2, -0.15) is 0 Å². The molecule has 0 aliphatic heterocycles. The molecule has 0 aliphatic rings. The van der Waals surface area contributed by atoms with Crippen molar-refractivity contribution in [3.05, 3.63) is 12.7 Å². The first kappa shape index (κ1) is 13.7. The summed E-state index contributed by atoms with van der Waals surface area (Å²) in [5.74, 6) is 1.60. The Morgan fingerprint density at radius 3 is 2.21 bits per heavy atom. The lowest BCUT2D eigenvalue weighted by molar-refractivity contribution is 0.214. The maximum atomic E-state index is 3.82. The zero-order chi connectivity index (χ0) is 11.2. The minimum Gasteiger partial charge on any atom is -0.103 e. The molecule has 2 unspecified atom stereocenters. The van der Waals surface area contributed by atoms with Crippen molar-refractivity contribution in [2.75, 3.05) is 0 Å². The molecule has 14 heavy (non-hydrogen) atoms. The SMILES string of the molecule is C=CCC(C)C(C)CC(C)(C)CCC. The van der Waals surface area contributed by atoms with E-state index in [-0.39, 0.29) is 0 Å². The van der Waals surface area contributed by atoms with E-state index in [1.807, 2.05) is 6.08 Å². The van der Waals surface area contributed by atoms with Crippen molar-refractivity contribution < 1.29 is 0 Å². The second kappa shape index (κ2) is 6.27. The monoisotopic (exact) mass is 196 g/mol. The minimum absolute atomic E-state index is 0.517. The maximum absolute atomic E-state index is 3.82. The van der Waals surface area contributed by atoms with E-state index in [2.05, 4.69) is 41.2 Å². The van der Waals surface area contributed by atoms with Gasteiger partial charge >= 0.3 is 0 Å². The Morgan fingerprint density at radius 1 is 1.21 bits per heavy atom. The summed E-state index contributed by atoms with van der Waals surface area (Å²) in [4.78, 5) is 0. The smallest absolute Gasteiger partial charge is 0.0325 e. The van der Waals surface area contributed by atoms with Crippen LogP contribution in [0.1, 0.15) is 60.3 Å². The molecule has 2 atom stereocenters. The van der Waals surface area contributed by atoms with Gasteiger partial charge < -0.3 is 0 Å². The van der Waals surface area contributed by atoms with Crippen LogP contribution in [0.3, 0.4) is 0 Å². The summed E-state index contributed by atoms with van der Waals surface area (Å²) in [6.07, 6.45) is 7.20. The van der Waals surface area contributed by atoms with Gasteiger partial charge in [0.05, 0.1) is 0 Å². The number of hydrogen-bond acceptors (Lipinski definition) is 0. The van der Waals surface area contributed by atoms with Crippen LogP contribution >= 0.6 is 0 Å². The third kappa shape index (κ3) is 5.47. The lowest BCUT2D eigenvalue weighted by atomic mass is 9.75. The fraction of sp³-hybridized carbons (Fsp3) is 0.857. The number of allylic oxidation sites excluding steroid dienone is 1. The van der Waals surface area contributed by atoms with Gasteiger partial charge in [-0.15, -0.1) is 6.58 Å². The lowest BCUT2D eigenvalue weighted by Crippen LogP contribution is -2.19. The van der Waals surface area contributed by atoms with Gasteiger partial charge in [-0.3, -0.25) is 0 Å². The molecule has 0 aliphatic carbocycles. The Labute approximate surface area is 90.8 Å². The second-order valence-electron chi connectivity index (χ2n) is 5.60. The Morgan fingerprint density at radius 2 is 1.79 bits per heavy atom. The Bertz CT molecular complexity index is 155. The van der Waals surface area contributed by atoms with Crippen LogP contribution in [-0.2, 0) is 0 Å². The summed E-state index contributed by atoms with van der Waals surface area (Å²) in [6.45, 7) is 15.6. The van der Waals surface area contributed by atoms with Gasteiger partial charge in [-0.25, -0.2) is 0 Å². The van der Waals surface area contributed by atoms with Crippen LogP contribution in [-0.4, -0.2) is 0 Å². The second-order valence-corrected chi connectivity index (χ2v) is 5.60. The summed E-state index contributed by atoms with van der Waals surface area (Å²) >= 11 is 0. The summed E-state index contributed by atoms with van der Waals surface area (Å²) < 4.78 is 0. The summed E-state index contributed by atoms with van der Waals surface area (Å²) in [5.41, 5.74) is 0.517. The highest BCUT2D eigenvalue weighted by atomic mass is 14.3. The highest BCUT2D eigenvalue weighted by Crippen LogP contribution is 2.34. The van der Waals surface area contributed by atoms with E-state index in [9.17, 15) is 0 Å². The molecule has 0 nitrogen and oxygen atoms in total. The van der Waals surface area contributed by atoms with Crippen molar-refractivity contribution in [3.63, 3.8) is 0 Å². The molecule has 0 amide bonds. The molecule has 0 aromatic heterocycles. The molecule has 0 saturated carbocycles. The van der Waals surface area contributed by atoms with Crippen LogP contribution in [0.4, 0.5) is 0 Å². The Hall–Kier alpha value is -0.260. The third-order valence-corrected chi connectivity index (χ3v) is 3.31. The molecule has 0 heteroatoms. The van der Waals surface area contributed by atoms with Crippen LogP contribution in [0.15, 0.2) is 12.7 Å². The summed E-state index contributed by atoms with van der Waals surface area (Å²) in [6, 6.07) is 0. The average molecular weight is 196 g/mol. The molecule has 0 spiro atoms. The van der Waals surface area contributed by atoms with Crippen molar-refractivity contribution >= 4 is 0 Å². The van der Waals surface area contributed by atoms with E-state index < -0.39 is 0 Å². The van der Waals surface area contributed by atoms with Gasteiger partial charge in [0, 0.05) is 0 Å². The van der Waals surface area contributed by atoms with Crippen LogP contribution in [0.25, 0.3) is 0 Å². The van der Waals surface area contributed by atoms with Crippen molar-refractivity contribution in [1.29, 1.82) is 0 Å². The predicted molar refractivity (Wildman–Crippen MR) is 66.4 cm³/mol. The van der Waals surface area contributed by atoms with E-state index >= 15 is 0 Å². The van der Waals surface area contributed by atoms with Gasteiger partial charge in [-0.05, 0) is 36.5 Å². The number of rotatable bonds is 7. The van der Waals surface area contributed by atoms with Crippen molar-refractivity contribution in [2.24, 2.45) is 17.3 Å². The molecule has 0 bridgehead atoms. The zero-order valence-electron chi connectivity index (χ0n) is 10.8. The first-order chi connectivity index (χ1) is 6.43. The van der Waals surface area contributed by atoms with Crippen LogP contribution < -0.4 is 0 Å². The van der Waals surface area contributed by atoms with E-state index in [1.165, 1.54) is 19.3 Å². The highest BCUT2D eigenvalue weighted by molar-refractivity contribution is 4.78. The first-order valence-electron chi connectivity index (χ1n) is 6.04. The molecule has 0 aromatic rings. The average Bonchev–Trinajstić information content (AvgIpc) is 2.03. The largest absolute Gasteiger partial charge is 0.103 e. The fourth-order valence-electron chi connectivity index (χ4n) is 2.35. The summed E-state index contributed by atoms with van der Waals surface area (Å²) in [5, 5.41) is 0. The molecule has 0 saturated heterocycles. The molecule has 0 rings (SSSR count). The normalized spacial score (nSPS) is 16.4. The number of hydrogen-bond donors (Lipinski definition) is 0. The lowest BCUT2D eigenvalue weighted by Gasteiger charge is -2.30. The van der Waals surface area contributed by atoms with E-state index in [4.69, 9.17) is 0 Å². The van der Waals surface area contributed by atoms with Crippen molar-refractivity contribution in [2.45, 2.75) is 60.3 Å². The van der Waals surface area contributed by atoms with E-state index in [0.29, 0.717) is 5.41 Å². The minimum atomic E-state index is 0.517. The van der Waals surface area contributed by atoms with Crippen LogP contribution in [0.5, 0.6) is 0 Å². The Kier molecular flexibility index (Phi) is 6.15. The van der Waals surface area contributed by atoms with Gasteiger partial charge in [0.2, 0.25) is 0 Å².